The van der Waals surface area contributed by atoms with Crippen molar-refractivity contribution in [2.75, 3.05) is 20.1 Å². The van der Waals surface area contributed by atoms with E-state index in [0.29, 0.717) is 13.5 Å². The number of hydrogen-bond donors (Lipinski definition) is 2. The van der Waals surface area contributed by atoms with Crippen LogP contribution in [0.3, 0.4) is 0 Å². The molecule has 0 radical (unpaired) electrons. The second kappa shape index (κ2) is 15.9. The van der Waals surface area contributed by atoms with E-state index in [9.17, 15) is 0 Å². The van der Waals surface area contributed by atoms with Crippen LogP contribution in [0.25, 0.3) is 0 Å². The lowest BCUT2D eigenvalue weighted by Gasteiger charge is -2.12. The zero-order valence-corrected chi connectivity index (χ0v) is 7.53. The van der Waals surface area contributed by atoms with Gasteiger partial charge in [0.25, 0.3) is 0 Å². The zero-order valence-electron chi connectivity index (χ0n) is 7.53. The molecule has 1 rings (SSSR count). The Bertz CT molecular complexity index is 27.1. The minimum atomic E-state index is 0.688. The third-order valence-electron chi connectivity index (χ3n) is 0.658. The van der Waals surface area contributed by atoms with Gasteiger partial charge in [0, 0.05) is 6.67 Å². The third kappa shape index (κ3) is 10.8. The standard InChI is InChI=1S/C3H8N2O.2C2H6/c1-4-2-6-3-5-1;2*1-2/h4-5H,1-3H2;2*1-2H3. The van der Waals surface area contributed by atoms with Crippen LogP contribution in [0.4, 0.5) is 0 Å². The molecule has 3 heteroatoms. The summed E-state index contributed by atoms with van der Waals surface area (Å²) in [6, 6.07) is 0. The maximum absolute atomic E-state index is 4.85. The smallest absolute Gasteiger partial charge is 0.0992 e. The van der Waals surface area contributed by atoms with Crippen molar-refractivity contribution in [2.45, 2.75) is 27.7 Å². The van der Waals surface area contributed by atoms with Crippen LogP contribution < -0.4 is 10.6 Å². The molecule has 0 spiro atoms. The largest absolute Gasteiger partial charge is 0.351 e. The maximum atomic E-state index is 4.85. The van der Waals surface area contributed by atoms with Crippen LogP contribution in [-0.4, -0.2) is 20.1 Å². The highest BCUT2D eigenvalue weighted by Crippen LogP contribution is 1.69. The quantitative estimate of drug-likeness (QED) is 0.540. The monoisotopic (exact) mass is 148 g/mol. The molecule has 3 nitrogen and oxygen atoms in total. The number of hydrogen-bond acceptors (Lipinski definition) is 3. The van der Waals surface area contributed by atoms with Gasteiger partial charge in [0.1, 0.15) is 0 Å². The first-order valence-electron chi connectivity index (χ1n) is 3.99. The van der Waals surface area contributed by atoms with Crippen molar-refractivity contribution < 1.29 is 4.74 Å². The summed E-state index contributed by atoms with van der Waals surface area (Å²) in [5, 5.41) is 5.90. The summed E-state index contributed by atoms with van der Waals surface area (Å²) in [5.41, 5.74) is 0. The first kappa shape index (κ1) is 12.5. The van der Waals surface area contributed by atoms with Gasteiger partial charge in [-0.25, -0.2) is 0 Å². The topological polar surface area (TPSA) is 33.3 Å². The summed E-state index contributed by atoms with van der Waals surface area (Å²) < 4.78 is 4.85. The summed E-state index contributed by atoms with van der Waals surface area (Å²) >= 11 is 0. The summed E-state index contributed by atoms with van der Waals surface area (Å²) in [5.74, 6) is 0. The molecule has 2 N–H and O–H groups in total. The predicted octanol–water partition coefficient (Wildman–Crippen LogP) is 1.12. The van der Waals surface area contributed by atoms with Crippen LogP contribution >= 0.6 is 0 Å². The van der Waals surface area contributed by atoms with Crippen LogP contribution in [0.15, 0.2) is 0 Å². The third-order valence-corrected chi connectivity index (χ3v) is 0.658. The van der Waals surface area contributed by atoms with Crippen molar-refractivity contribution in [2.24, 2.45) is 0 Å². The first-order chi connectivity index (χ1) is 5.00. The van der Waals surface area contributed by atoms with Gasteiger partial charge in [0.05, 0.1) is 13.5 Å². The molecule has 1 fully saturated rings. The van der Waals surface area contributed by atoms with E-state index in [1.165, 1.54) is 0 Å². The van der Waals surface area contributed by atoms with Gasteiger partial charge in [-0.2, -0.15) is 0 Å². The van der Waals surface area contributed by atoms with Gasteiger partial charge in [-0.15, -0.1) is 0 Å². The summed E-state index contributed by atoms with van der Waals surface area (Å²) in [6.07, 6.45) is 0. The van der Waals surface area contributed by atoms with Gasteiger partial charge >= 0.3 is 0 Å². The van der Waals surface area contributed by atoms with Crippen molar-refractivity contribution in [3.05, 3.63) is 0 Å². The lowest BCUT2D eigenvalue weighted by atomic mass is 10.9. The number of ether oxygens (including phenoxy) is 1. The van der Waals surface area contributed by atoms with Crippen molar-refractivity contribution in [3.8, 4) is 0 Å². The number of nitrogens with one attached hydrogen (secondary N) is 2. The SMILES string of the molecule is C1NCOCN1.CC.CC. The predicted molar refractivity (Wildman–Crippen MR) is 44.7 cm³/mol. The molecule has 0 saturated carbocycles. The van der Waals surface area contributed by atoms with E-state index in [1.807, 2.05) is 27.7 Å². The molecule has 1 heterocycles. The van der Waals surface area contributed by atoms with Gasteiger partial charge < -0.3 is 4.74 Å². The second-order valence-electron chi connectivity index (χ2n) is 1.17. The molecule has 0 bridgehead atoms. The molecule has 0 aliphatic carbocycles. The van der Waals surface area contributed by atoms with Crippen molar-refractivity contribution >= 4 is 0 Å². The molecule has 1 aliphatic heterocycles. The summed E-state index contributed by atoms with van der Waals surface area (Å²) in [4.78, 5) is 0. The average Bonchev–Trinajstić information content (AvgIpc) is 2.14. The van der Waals surface area contributed by atoms with Crippen LogP contribution in [0, 0.1) is 0 Å². The Kier molecular flexibility index (Phi) is 20.0. The van der Waals surface area contributed by atoms with Crippen molar-refractivity contribution in [3.63, 3.8) is 0 Å². The Balaban J connectivity index is 0. The van der Waals surface area contributed by atoms with Gasteiger partial charge in [-0.05, 0) is 0 Å². The first-order valence-corrected chi connectivity index (χ1v) is 3.99. The van der Waals surface area contributed by atoms with E-state index in [1.54, 1.807) is 0 Å². The summed E-state index contributed by atoms with van der Waals surface area (Å²) in [6.45, 7) is 10.2. The Labute approximate surface area is 64.1 Å². The maximum Gasteiger partial charge on any atom is 0.0992 e. The van der Waals surface area contributed by atoms with Crippen molar-refractivity contribution in [1.29, 1.82) is 0 Å². The molecule has 0 aromatic rings. The molecule has 0 aromatic heterocycles. The minimum absolute atomic E-state index is 0.688. The molecular weight excluding hydrogens is 128 g/mol. The molecule has 1 saturated heterocycles. The molecular formula is C7H20N2O. The molecule has 0 aromatic carbocycles. The van der Waals surface area contributed by atoms with E-state index < -0.39 is 0 Å². The van der Waals surface area contributed by atoms with Crippen LogP contribution in [0.5, 0.6) is 0 Å². The lowest BCUT2D eigenvalue weighted by Crippen LogP contribution is -2.38. The molecule has 0 amide bonds. The lowest BCUT2D eigenvalue weighted by molar-refractivity contribution is 0.0642. The molecule has 64 valence electrons. The fourth-order valence-electron chi connectivity index (χ4n) is 0.386. The van der Waals surface area contributed by atoms with E-state index >= 15 is 0 Å². The Morgan fingerprint density at radius 1 is 0.900 bits per heavy atom. The van der Waals surface area contributed by atoms with Crippen molar-refractivity contribution in [1.82, 2.24) is 10.6 Å². The molecule has 10 heavy (non-hydrogen) atoms. The van der Waals surface area contributed by atoms with E-state index in [-0.39, 0.29) is 0 Å². The normalized spacial score (nSPS) is 15.6. The van der Waals surface area contributed by atoms with Crippen LogP contribution in [0.1, 0.15) is 27.7 Å². The molecule has 0 unspecified atom stereocenters. The second-order valence-corrected chi connectivity index (χ2v) is 1.17. The average molecular weight is 148 g/mol. The van der Waals surface area contributed by atoms with Gasteiger partial charge in [0.15, 0.2) is 0 Å². The van der Waals surface area contributed by atoms with Crippen LogP contribution in [0.2, 0.25) is 0 Å². The van der Waals surface area contributed by atoms with E-state index in [0.717, 1.165) is 6.67 Å². The highest BCUT2D eigenvalue weighted by molar-refractivity contribution is 4.38. The summed E-state index contributed by atoms with van der Waals surface area (Å²) in [7, 11) is 0. The molecule has 1 aliphatic rings. The van der Waals surface area contributed by atoms with Gasteiger partial charge in [0.2, 0.25) is 0 Å². The fourth-order valence-corrected chi connectivity index (χ4v) is 0.386. The fraction of sp³-hybridized carbons (Fsp3) is 1.00. The van der Waals surface area contributed by atoms with Gasteiger partial charge in [-0.1, -0.05) is 27.7 Å². The van der Waals surface area contributed by atoms with Gasteiger partial charge in [-0.3, -0.25) is 10.6 Å². The highest BCUT2D eigenvalue weighted by atomic mass is 16.5. The Hall–Kier alpha value is -0.120. The highest BCUT2D eigenvalue weighted by Gasteiger charge is 1.90. The zero-order chi connectivity index (χ0) is 8.24. The molecule has 0 atom stereocenters. The van der Waals surface area contributed by atoms with E-state index in [2.05, 4.69) is 10.6 Å². The Morgan fingerprint density at radius 3 is 1.40 bits per heavy atom. The Morgan fingerprint density at radius 2 is 1.30 bits per heavy atom. The van der Waals surface area contributed by atoms with Crippen LogP contribution in [-0.2, 0) is 4.74 Å². The number of rotatable bonds is 0. The minimum Gasteiger partial charge on any atom is -0.351 e. The van der Waals surface area contributed by atoms with E-state index in [4.69, 9.17) is 4.74 Å².